The van der Waals surface area contributed by atoms with Gasteiger partial charge in [0.05, 0.1) is 31.8 Å². The number of ether oxygens (including phenoxy) is 2. The molecule has 0 atom stereocenters. The van der Waals surface area contributed by atoms with Crippen molar-refractivity contribution in [1.82, 2.24) is 4.90 Å². The van der Waals surface area contributed by atoms with Crippen molar-refractivity contribution >= 4 is 11.8 Å². The van der Waals surface area contributed by atoms with Gasteiger partial charge in [0, 0.05) is 26.1 Å². The number of hydrogen-bond donors (Lipinski definition) is 0. The van der Waals surface area contributed by atoms with Crippen molar-refractivity contribution in [3.63, 3.8) is 0 Å². The molecule has 0 aliphatic carbocycles. The van der Waals surface area contributed by atoms with Crippen molar-refractivity contribution in [2.24, 2.45) is 0 Å². The molecule has 23 heavy (non-hydrogen) atoms. The molecule has 0 saturated carbocycles. The zero-order chi connectivity index (χ0) is 16.7. The van der Waals surface area contributed by atoms with E-state index < -0.39 is 11.8 Å². The monoisotopic (exact) mass is 323 g/mol. The fourth-order valence-corrected chi connectivity index (χ4v) is 2.48. The molecule has 126 valence electrons. The largest absolute Gasteiger partial charge is 0.466 e. The summed E-state index contributed by atoms with van der Waals surface area (Å²) in [6.45, 7) is 5.63. The lowest BCUT2D eigenvalue weighted by molar-refractivity contribution is -0.143. The van der Waals surface area contributed by atoms with Crippen molar-refractivity contribution in [2.75, 3.05) is 32.9 Å². The molecule has 1 heterocycles. The second-order valence-electron chi connectivity index (χ2n) is 5.43. The standard InChI is InChI=1S/C17H22FNO4/c1-2-23-17(21)6-5-16(20)14-4-3-13(11-15(14)18)12-19-7-9-22-10-8-19/h3-4,11H,2,5-10,12H2,1H3. The molecule has 1 aromatic carbocycles. The highest BCUT2D eigenvalue weighted by Crippen LogP contribution is 2.16. The first-order valence-electron chi connectivity index (χ1n) is 7.87. The van der Waals surface area contributed by atoms with Gasteiger partial charge in [0.2, 0.25) is 0 Å². The molecule has 0 amide bonds. The van der Waals surface area contributed by atoms with Gasteiger partial charge in [-0.15, -0.1) is 0 Å². The molecule has 0 bridgehead atoms. The highest BCUT2D eigenvalue weighted by molar-refractivity contribution is 5.97. The summed E-state index contributed by atoms with van der Waals surface area (Å²) in [5, 5.41) is 0. The molecule has 0 aromatic heterocycles. The molecule has 5 nitrogen and oxygen atoms in total. The van der Waals surface area contributed by atoms with E-state index in [0.29, 0.717) is 19.8 Å². The molecule has 1 aliphatic heterocycles. The summed E-state index contributed by atoms with van der Waals surface area (Å²) in [5.74, 6) is -1.36. The van der Waals surface area contributed by atoms with Crippen molar-refractivity contribution in [2.45, 2.75) is 26.3 Å². The summed E-state index contributed by atoms with van der Waals surface area (Å²) in [7, 11) is 0. The van der Waals surface area contributed by atoms with E-state index in [4.69, 9.17) is 9.47 Å². The summed E-state index contributed by atoms with van der Waals surface area (Å²) in [6.07, 6.45) is -0.0692. The van der Waals surface area contributed by atoms with Crippen LogP contribution in [-0.2, 0) is 20.8 Å². The maximum Gasteiger partial charge on any atom is 0.306 e. The summed E-state index contributed by atoms with van der Waals surface area (Å²) in [5.41, 5.74) is 0.853. The molecule has 1 fully saturated rings. The van der Waals surface area contributed by atoms with Gasteiger partial charge < -0.3 is 9.47 Å². The van der Waals surface area contributed by atoms with Crippen molar-refractivity contribution < 1.29 is 23.5 Å². The molecule has 0 spiro atoms. The average molecular weight is 323 g/mol. The van der Waals surface area contributed by atoms with Gasteiger partial charge in [-0.2, -0.15) is 0 Å². The van der Waals surface area contributed by atoms with Crippen LogP contribution in [0, 0.1) is 5.82 Å². The minimum Gasteiger partial charge on any atom is -0.466 e. The first-order valence-corrected chi connectivity index (χ1v) is 7.87. The summed E-state index contributed by atoms with van der Waals surface area (Å²) >= 11 is 0. The smallest absolute Gasteiger partial charge is 0.306 e. The SMILES string of the molecule is CCOC(=O)CCC(=O)c1ccc(CN2CCOCC2)cc1F. The van der Waals surface area contributed by atoms with Gasteiger partial charge in [-0.3, -0.25) is 14.5 Å². The first kappa shape index (κ1) is 17.6. The van der Waals surface area contributed by atoms with Crippen LogP contribution < -0.4 is 0 Å². The fourth-order valence-electron chi connectivity index (χ4n) is 2.48. The minimum absolute atomic E-state index is 0.0261. The maximum absolute atomic E-state index is 14.1. The van der Waals surface area contributed by atoms with Gasteiger partial charge in [-0.05, 0) is 24.6 Å². The number of halogens is 1. The lowest BCUT2D eigenvalue weighted by atomic mass is 10.0. The molecule has 0 unspecified atom stereocenters. The number of carbonyl (C=O) groups is 2. The number of morpholine rings is 1. The van der Waals surface area contributed by atoms with Crippen LogP contribution in [0.25, 0.3) is 0 Å². The van der Waals surface area contributed by atoms with Gasteiger partial charge in [-0.1, -0.05) is 6.07 Å². The van der Waals surface area contributed by atoms with Gasteiger partial charge in [0.15, 0.2) is 5.78 Å². The molecule has 1 aliphatic rings. The minimum atomic E-state index is -0.537. The molecule has 1 saturated heterocycles. The predicted molar refractivity (Wildman–Crippen MR) is 82.7 cm³/mol. The van der Waals surface area contributed by atoms with E-state index in [-0.39, 0.29) is 30.8 Å². The second-order valence-corrected chi connectivity index (χ2v) is 5.43. The molecule has 1 aromatic rings. The van der Waals surface area contributed by atoms with Crippen molar-refractivity contribution in [3.8, 4) is 0 Å². The third kappa shape index (κ3) is 5.41. The van der Waals surface area contributed by atoms with E-state index in [0.717, 1.165) is 18.7 Å². The number of nitrogens with zero attached hydrogens (tertiary/aromatic N) is 1. The van der Waals surface area contributed by atoms with Crippen LogP contribution in [0.3, 0.4) is 0 Å². The maximum atomic E-state index is 14.1. The number of carbonyl (C=O) groups excluding carboxylic acids is 2. The third-order valence-corrected chi connectivity index (χ3v) is 3.71. The highest BCUT2D eigenvalue weighted by atomic mass is 19.1. The second kappa shape index (κ2) is 8.74. The zero-order valence-electron chi connectivity index (χ0n) is 13.3. The molecule has 0 radical (unpaired) electrons. The Balaban J connectivity index is 1.92. The van der Waals surface area contributed by atoms with Crippen LogP contribution in [0.15, 0.2) is 18.2 Å². The van der Waals surface area contributed by atoms with Crippen molar-refractivity contribution in [3.05, 3.63) is 35.1 Å². The molecule has 0 N–H and O–H groups in total. The Morgan fingerprint density at radius 1 is 1.26 bits per heavy atom. The lowest BCUT2D eigenvalue weighted by Gasteiger charge is -2.26. The fraction of sp³-hybridized carbons (Fsp3) is 0.529. The molecule has 2 rings (SSSR count). The quantitative estimate of drug-likeness (QED) is 0.569. The summed E-state index contributed by atoms with van der Waals surface area (Å²) in [4.78, 5) is 25.4. The predicted octanol–water partition coefficient (Wildman–Crippen LogP) is 2.18. The van der Waals surface area contributed by atoms with E-state index >= 15 is 0 Å². The Morgan fingerprint density at radius 2 is 2.00 bits per heavy atom. The van der Waals surface area contributed by atoms with Crippen LogP contribution in [0.1, 0.15) is 35.7 Å². The van der Waals surface area contributed by atoms with Gasteiger partial charge >= 0.3 is 5.97 Å². The normalized spacial score (nSPS) is 15.4. The van der Waals surface area contributed by atoms with Gasteiger partial charge in [-0.25, -0.2) is 4.39 Å². The Morgan fingerprint density at radius 3 is 2.65 bits per heavy atom. The summed E-state index contributed by atoms with van der Waals surface area (Å²) < 4.78 is 24.2. The zero-order valence-corrected chi connectivity index (χ0v) is 13.3. The van der Waals surface area contributed by atoms with Gasteiger partial charge in [0.1, 0.15) is 5.82 Å². The molecular formula is C17H22FNO4. The van der Waals surface area contributed by atoms with E-state index in [2.05, 4.69) is 4.90 Å². The van der Waals surface area contributed by atoms with Gasteiger partial charge in [0.25, 0.3) is 0 Å². The van der Waals surface area contributed by atoms with Crippen LogP contribution in [0.4, 0.5) is 4.39 Å². The molecular weight excluding hydrogens is 301 g/mol. The van der Waals surface area contributed by atoms with Crippen LogP contribution in [0.5, 0.6) is 0 Å². The van der Waals surface area contributed by atoms with Crippen LogP contribution in [-0.4, -0.2) is 49.6 Å². The highest BCUT2D eigenvalue weighted by Gasteiger charge is 2.16. The Labute approximate surface area is 135 Å². The number of ketones is 1. The van der Waals surface area contributed by atoms with E-state index in [1.165, 1.54) is 12.1 Å². The van der Waals surface area contributed by atoms with E-state index in [1.807, 2.05) is 0 Å². The van der Waals surface area contributed by atoms with Crippen molar-refractivity contribution in [1.29, 1.82) is 0 Å². The number of hydrogen-bond acceptors (Lipinski definition) is 5. The lowest BCUT2D eigenvalue weighted by Crippen LogP contribution is -2.35. The molecule has 6 heteroatoms. The number of benzene rings is 1. The number of rotatable bonds is 7. The topological polar surface area (TPSA) is 55.8 Å². The Kier molecular flexibility index (Phi) is 6.67. The van der Waals surface area contributed by atoms with E-state index in [9.17, 15) is 14.0 Å². The third-order valence-electron chi connectivity index (χ3n) is 3.71. The van der Waals surface area contributed by atoms with Crippen LogP contribution in [0.2, 0.25) is 0 Å². The average Bonchev–Trinajstić information content (AvgIpc) is 2.54. The van der Waals surface area contributed by atoms with E-state index in [1.54, 1.807) is 13.0 Å². The summed E-state index contributed by atoms with van der Waals surface area (Å²) in [6, 6.07) is 4.65. The Bertz CT molecular complexity index is 556. The first-order chi connectivity index (χ1) is 11.1. The Hall–Kier alpha value is -1.79. The number of esters is 1. The number of Topliss-reactive ketones (excluding diaryl/α,β-unsaturated/α-hetero) is 1. The van der Waals surface area contributed by atoms with Crippen LogP contribution >= 0.6 is 0 Å².